The zero-order valence-electron chi connectivity index (χ0n) is 15.2. The van der Waals surface area contributed by atoms with Crippen LogP contribution in [0.15, 0.2) is 39.9 Å². The fourth-order valence-electron chi connectivity index (χ4n) is 3.44. The number of thiophene rings is 1. The summed E-state index contributed by atoms with van der Waals surface area (Å²) >= 11 is 1.11. The second kappa shape index (κ2) is 8.31. The lowest BCUT2D eigenvalue weighted by molar-refractivity contribution is 0.0757. The quantitative estimate of drug-likeness (QED) is 0.759. The number of amides is 1. The minimum absolute atomic E-state index is 0.174. The molecule has 1 aliphatic carbocycles. The van der Waals surface area contributed by atoms with E-state index in [2.05, 4.69) is 4.72 Å². The maximum Gasteiger partial charge on any atom is 0.271 e. The zero-order chi connectivity index (χ0) is 19.4. The van der Waals surface area contributed by atoms with Crippen LogP contribution < -0.4 is 4.72 Å². The zero-order valence-corrected chi connectivity index (χ0v) is 16.9. The Balaban J connectivity index is 1.69. The number of carbonyl (C=O) groups is 1. The van der Waals surface area contributed by atoms with E-state index in [-0.39, 0.29) is 27.1 Å². The molecule has 0 atom stereocenters. The average Bonchev–Trinajstić information content (AvgIpc) is 3.17. The predicted octanol–water partition coefficient (Wildman–Crippen LogP) is 3.91. The smallest absolute Gasteiger partial charge is 0.271 e. The first-order chi connectivity index (χ1) is 12.9. The van der Waals surface area contributed by atoms with Crippen molar-refractivity contribution in [2.24, 2.45) is 5.92 Å². The number of sulfonamides is 1. The van der Waals surface area contributed by atoms with E-state index < -0.39 is 10.0 Å². The van der Waals surface area contributed by atoms with E-state index in [1.807, 2.05) is 0 Å². The third kappa shape index (κ3) is 4.81. The van der Waals surface area contributed by atoms with Crippen molar-refractivity contribution in [2.75, 3.05) is 18.3 Å². The number of nitrogens with zero attached hydrogens (tertiary/aromatic N) is 1. The Hall–Kier alpha value is -2.06. The average molecular weight is 409 g/mol. The van der Waals surface area contributed by atoms with Crippen molar-refractivity contribution in [3.05, 3.63) is 41.3 Å². The van der Waals surface area contributed by atoms with Crippen molar-refractivity contribution < 1.29 is 18.3 Å². The molecule has 6 nitrogen and oxygen atoms in total. The van der Waals surface area contributed by atoms with Crippen molar-refractivity contribution in [3.63, 3.8) is 0 Å². The van der Waals surface area contributed by atoms with Gasteiger partial charge in [-0.25, -0.2) is 8.42 Å². The third-order valence-corrected chi connectivity index (χ3v) is 7.62. The van der Waals surface area contributed by atoms with Gasteiger partial charge in [0.15, 0.2) is 0 Å². The molecular weight excluding hydrogens is 384 g/mol. The molecule has 27 heavy (non-hydrogen) atoms. The Bertz CT molecular complexity index is 888. The molecule has 0 spiro atoms. The van der Waals surface area contributed by atoms with Crippen LogP contribution in [0, 0.1) is 5.92 Å². The van der Waals surface area contributed by atoms with Gasteiger partial charge in [0, 0.05) is 19.7 Å². The first kappa shape index (κ1) is 19.7. The second-order valence-electron chi connectivity index (χ2n) is 6.96. The standard InChI is InChI=1S/C19H24N2O4S2/c1-21(13-14-6-3-2-4-7-14)19(23)16-10-9-15(12-17(16)22)20-27(24,25)18-8-5-11-26-18/h5,8-12,14,20,22H,2-4,6-7,13H2,1H3. The van der Waals surface area contributed by atoms with Crippen LogP contribution in [0.3, 0.4) is 0 Å². The lowest BCUT2D eigenvalue weighted by Crippen LogP contribution is -2.32. The summed E-state index contributed by atoms with van der Waals surface area (Å²) in [7, 11) is -1.95. The van der Waals surface area contributed by atoms with Crippen molar-refractivity contribution in [3.8, 4) is 5.75 Å². The fourth-order valence-corrected chi connectivity index (χ4v) is 5.49. The highest BCUT2D eigenvalue weighted by atomic mass is 32.2. The third-order valence-electron chi connectivity index (χ3n) is 4.84. The van der Waals surface area contributed by atoms with Crippen LogP contribution in [0.4, 0.5) is 5.69 Å². The summed E-state index contributed by atoms with van der Waals surface area (Å²) in [6.45, 7) is 0.672. The van der Waals surface area contributed by atoms with Gasteiger partial charge in [0.25, 0.3) is 15.9 Å². The number of carbonyl (C=O) groups excluding carboxylic acids is 1. The Morgan fingerprint density at radius 1 is 1.26 bits per heavy atom. The number of phenolic OH excluding ortho intramolecular Hbond substituents is 1. The molecule has 146 valence electrons. The Morgan fingerprint density at radius 2 is 2.00 bits per heavy atom. The normalized spacial score (nSPS) is 15.4. The molecule has 2 N–H and O–H groups in total. The minimum Gasteiger partial charge on any atom is -0.507 e. The molecule has 1 aromatic heterocycles. The highest BCUT2D eigenvalue weighted by Crippen LogP contribution is 2.28. The van der Waals surface area contributed by atoms with Crippen molar-refractivity contribution in [2.45, 2.75) is 36.3 Å². The molecule has 3 rings (SSSR count). The summed E-state index contributed by atoms with van der Waals surface area (Å²) in [5, 5.41) is 11.9. The van der Waals surface area contributed by atoms with Gasteiger partial charge in [-0.05, 0) is 42.3 Å². The van der Waals surface area contributed by atoms with Gasteiger partial charge in [-0.3, -0.25) is 9.52 Å². The molecule has 1 aromatic carbocycles. The number of hydrogen-bond acceptors (Lipinski definition) is 5. The van der Waals surface area contributed by atoms with E-state index in [0.717, 1.165) is 24.2 Å². The minimum atomic E-state index is -3.69. The van der Waals surface area contributed by atoms with Crippen LogP contribution >= 0.6 is 11.3 Å². The van der Waals surface area contributed by atoms with Crippen LogP contribution in [-0.4, -0.2) is 37.9 Å². The monoisotopic (exact) mass is 408 g/mol. The maximum atomic E-state index is 12.7. The predicted molar refractivity (Wildman–Crippen MR) is 107 cm³/mol. The summed E-state index contributed by atoms with van der Waals surface area (Å²) in [6, 6.07) is 7.38. The van der Waals surface area contributed by atoms with Gasteiger partial charge in [-0.2, -0.15) is 0 Å². The summed E-state index contributed by atoms with van der Waals surface area (Å²) in [4.78, 5) is 14.3. The van der Waals surface area contributed by atoms with E-state index in [1.54, 1.807) is 23.4 Å². The van der Waals surface area contributed by atoms with E-state index in [1.165, 1.54) is 43.5 Å². The summed E-state index contributed by atoms with van der Waals surface area (Å²) < 4.78 is 27.1. The SMILES string of the molecule is CN(CC1CCCCC1)C(=O)c1ccc(NS(=O)(=O)c2cccs2)cc1O. The van der Waals surface area contributed by atoms with Gasteiger partial charge in [0.2, 0.25) is 0 Å². The van der Waals surface area contributed by atoms with Crippen LogP contribution in [0.2, 0.25) is 0 Å². The summed E-state index contributed by atoms with van der Waals surface area (Å²) in [5.41, 5.74) is 0.389. The molecule has 0 saturated heterocycles. The van der Waals surface area contributed by atoms with E-state index >= 15 is 0 Å². The number of hydrogen-bond donors (Lipinski definition) is 2. The first-order valence-electron chi connectivity index (χ1n) is 9.01. The lowest BCUT2D eigenvalue weighted by Gasteiger charge is -2.27. The van der Waals surface area contributed by atoms with Gasteiger partial charge in [0.05, 0.1) is 11.3 Å². The Kier molecular flexibility index (Phi) is 6.06. The molecule has 1 saturated carbocycles. The van der Waals surface area contributed by atoms with E-state index in [9.17, 15) is 18.3 Å². The lowest BCUT2D eigenvalue weighted by atomic mass is 9.89. The van der Waals surface area contributed by atoms with Crippen LogP contribution in [0.25, 0.3) is 0 Å². The Labute approximate surface area is 163 Å². The van der Waals surface area contributed by atoms with E-state index in [0.29, 0.717) is 12.5 Å². The van der Waals surface area contributed by atoms with Crippen molar-refractivity contribution >= 4 is 33.0 Å². The van der Waals surface area contributed by atoms with E-state index in [4.69, 9.17) is 0 Å². The number of nitrogens with one attached hydrogen (secondary N) is 1. The van der Waals surface area contributed by atoms with Gasteiger partial charge < -0.3 is 10.0 Å². The van der Waals surface area contributed by atoms with Gasteiger partial charge in [0.1, 0.15) is 9.96 Å². The van der Waals surface area contributed by atoms with Crippen LogP contribution in [0.1, 0.15) is 42.5 Å². The van der Waals surface area contributed by atoms with Crippen molar-refractivity contribution in [1.29, 1.82) is 0 Å². The number of phenols is 1. The first-order valence-corrected chi connectivity index (χ1v) is 11.4. The van der Waals surface area contributed by atoms with Gasteiger partial charge >= 0.3 is 0 Å². The summed E-state index contributed by atoms with van der Waals surface area (Å²) in [5.74, 6) is 0.0133. The number of rotatable bonds is 6. The molecule has 1 aliphatic rings. The number of anilines is 1. The molecule has 0 unspecified atom stereocenters. The van der Waals surface area contributed by atoms with Crippen LogP contribution in [0.5, 0.6) is 5.75 Å². The highest BCUT2D eigenvalue weighted by molar-refractivity contribution is 7.94. The van der Waals surface area contributed by atoms with Gasteiger partial charge in [-0.1, -0.05) is 25.3 Å². The molecule has 2 aromatic rings. The second-order valence-corrected chi connectivity index (χ2v) is 9.82. The molecular formula is C19H24N2O4S2. The maximum absolute atomic E-state index is 12.7. The topological polar surface area (TPSA) is 86.7 Å². The van der Waals surface area contributed by atoms with Crippen molar-refractivity contribution in [1.82, 2.24) is 4.90 Å². The number of benzene rings is 1. The summed E-state index contributed by atoms with van der Waals surface area (Å²) in [6.07, 6.45) is 5.94. The molecule has 0 bridgehead atoms. The number of aromatic hydroxyl groups is 1. The largest absolute Gasteiger partial charge is 0.507 e. The molecule has 1 heterocycles. The molecule has 1 fully saturated rings. The molecule has 1 amide bonds. The molecule has 0 aliphatic heterocycles. The van der Waals surface area contributed by atoms with Gasteiger partial charge in [-0.15, -0.1) is 11.3 Å². The Morgan fingerprint density at radius 3 is 2.63 bits per heavy atom. The molecule has 0 radical (unpaired) electrons. The fraction of sp³-hybridized carbons (Fsp3) is 0.421. The van der Waals surface area contributed by atoms with Crippen LogP contribution in [-0.2, 0) is 10.0 Å². The molecule has 8 heteroatoms. The highest BCUT2D eigenvalue weighted by Gasteiger charge is 2.22.